The third-order valence-corrected chi connectivity index (χ3v) is 2.49. The summed E-state index contributed by atoms with van der Waals surface area (Å²) in [7, 11) is 0. The summed E-state index contributed by atoms with van der Waals surface area (Å²) in [6.07, 6.45) is 0.904. The number of benzene rings is 1. The number of hydrogen-bond donors (Lipinski definition) is 2. The van der Waals surface area contributed by atoms with Gasteiger partial charge in [0, 0.05) is 6.92 Å². The Hall–Kier alpha value is -1.55. The van der Waals surface area contributed by atoms with Gasteiger partial charge in [0.05, 0.1) is 0 Å². The van der Waals surface area contributed by atoms with E-state index >= 15 is 0 Å². The number of nitrogens with two attached hydrogens (primary N) is 1. The number of carbonyl (C=O) groups excluding carboxylic acids is 1. The van der Waals surface area contributed by atoms with Gasteiger partial charge >= 0.3 is 5.97 Å². The normalized spacial score (nSPS) is 12.2. The van der Waals surface area contributed by atoms with Crippen molar-refractivity contribution >= 4 is 5.97 Å². The van der Waals surface area contributed by atoms with Gasteiger partial charge < -0.3 is 15.6 Å². The Balaban J connectivity index is 3.01. The number of rotatable bonds is 4. The number of aromatic hydroxyl groups is 1. The van der Waals surface area contributed by atoms with Crippen LogP contribution in [0.25, 0.3) is 0 Å². The third kappa shape index (κ3) is 2.97. The largest absolute Gasteiger partial charge is 0.504 e. The number of ether oxygens (including phenoxy) is 1. The van der Waals surface area contributed by atoms with E-state index in [0.29, 0.717) is 6.54 Å². The SMILES string of the molecule is CCC(CN)c1ccc(O)c(OC(C)=O)c1. The molecule has 4 heteroatoms. The van der Waals surface area contributed by atoms with E-state index in [1.54, 1.807) is 12.1 Å². The van der Waals surface area contributed by atoms with Gasteiger partial charge in [0.2, 0.25) is 0 Å². The van der Waals surface area contributed by atoms with Crippen LogP contribution in [0, 0.1) is 0 Å². The summed E-state index contributed by atoms with van der Waals surface area (Å²) >= 11 is 0. The summed E-state index contributed by atoms with van der Waals surface area (Å²) in [6.45, 7) is 3.86. The molecule has 0 spiro atoms. The summed E-state index contributed by atoms with van der Waals surface area (Å²) in [4.78, 5) is 10.8. The second-order valence-electron chi connectivity index (χ2n) is 3.66. The first-order valence-corrected chi connectivity index (χ1v) is 5.29. The zero-order valence-corrected chi connectivity index (χ0v) is 9.56. The van der Waals surface area contributed by atoms with E-state index in [9.17, 15) is 9.90 Å². The van der Waals surface area contributed by atoms with Gasteiger partial charge in [0.1, 0.15) is 0 Å². The molecule has 1 aromatic rings. The van der Waals surface area contributed by atoms with E-state index in [0.717, 1.165) is 12.0 Å². The van der Waals surface area contributed by atoms with Crippen LogP contribution in [-0.4, -0.2) is 17.6 Å². The van der Waals surface area contributed by atoms with Gasteiger partial charge in [0.25, 0.3) is 0 Å². The van der Waals surface area contributed by atoms with Gasteiger partial charge in [-0.15, -0.1) is 0 Å². The fourth-order valence-electron chi connectivity index (χ4n) is 1.56. The summed E-state index contributed by atoms with van der Waals surface area (Å²) in [6, 6.07) is 4.98. The summed E-state index contributed by atoms with van der Waals surface area (Å²) in [5.41, 5.74) is 6.61. The summed E-state index contributed by atoms with van der Waals surface area (Å²) in [5, 5.41) is 9.50. The van der Waals surface area contributed by atoms with Crippen molar-refractivity contribution in [3.63, 3.8) is 0 Å². The minimum Gasteiger partial charge on any atom is -0.504 e. The van der Waals surface area contributed by atoms with Crippen LogP contribution in [0.5, 0.6) is 11.5 Å². The number of esters is 1. The number of phenolic OH excluding ortho intramolecular Hbond substituents is 1. The van der Waals surface area contributed by atoms with Crippen molar-refractivity contribution in [2.45, 2.75) is 26.2 Å². The van der Waals surface area contributed by atoms with E-state index in [1.807, 2.05) is 6.92 Å². The van der Waals surface area contributed by atoms with Crippen molar-refractivity contribution in [2.24, 2.45) is 5.73 Å². The molecular weight excluding hydrogens is 206 g/mol. The monoisotopic (exact) mass is 223 g/mol. The molecule has 1 aromatic carbocycles. The van der Waals surface area contributed by atoms with Crippen LogP contribution in [-0.2, 0) is 4.79 Å². The standard InChI is InChI=1S/C12H17NO3/c1-3-9(7-13)10-4-5-11(15)12(6-10)16-8(2)14/h4-6,9,15H,3,7,13H2,1-2H3. The number of phenols is 1. The molecule has 0 aliphatic heterocycles. The minimum absolute atomic E-state index is 0.0363. The molecule has 4 nitrogen and oxygen atoms in total. The zero-order valence-electron chi connectivity index (χ0n) is 9.56. The maximum atomic E-state index is 10.8. The minimum atomic E-state index is -0.451. The lowest BCUT2D eigenvalue weighted by Gasteiger charge is -2.14. The Morgan fingerprint density at radius 1 is 1.56 bits per heavy atom. The van der Waals surface area contributed by atoms with Crippen molar-refractivity contribution < 1.29 is 14.6 Å². The molecule has 0 saturated heterocycles. The fourth-order valence-corrected chi connectivity index (χ4v) is 1.56. The van der Waals surface area contributed by atoms with Crippen LogP contribution in [0.15, 0.2) is 18.2 Å². The second kappa shape index (κ2) is 5.51. The molecule has 1 rings (SSSR count). The van der Waals surface area contributed by atoms with Gasteiger partial charge in [-0.3, -0.25) is 4.79 Å². The smallest absolute Gasteiger partial charge is 0.308 e. The molecular formula is C12H17NO3. The molecule has 0 saturated carbocycles. The van der Waals surface area contributed by atoms with Crippen LogP contribution in [0.1, 0.15) is 31.7 Å². The highest BCUT2D eigenvalue weighted by Gasteiger charge is 2.12. The van der Waals surface area contributed by atoms with Crippen LogP contribution in [0.2, 0.25) is 0 Å². The molecule has 0 radical (unpaired) electrons. The molecule has 0 aromatic heterocycles. The molecule has 0 fully saturated rings. The molecule has 0 heterocycles. The lowest BCUT2D eigenvalue weighted by Crippen LogP contribution is -2.12. The molecule has 0 bridgehead atoms. The predicted octanol–water partition coefficient (Wildman–Crippen LogP) is 1.77. The van der Waals surface area contributed by atoms with E-state index in [2.05, 4.69) is 0 Å². The first-order valence-electron chi connectivity index (χ1n) is 5.29. The molecule has 0 amide bonds. The van der Waals surface area contributed by atoms with E-state index in [-0.39, 0.29) is 17.4 Å². The highest BCUT2D eigenvalue weighted by Crippen LogP contribution is 2.30. The third-order valence-electron chi connectivity index (χ3n) is 2.49. The molecule has 0 aliphatic carbocycles. The van der Waals surface area contributed by atoms with Crippen molar-refractivity contribution in [1.82, 2.24) is 0 Å². The van der Waals surface area contributed by atoms with Gasteiger partial charge in [-0.2, -0.15) is 0 Å². The van der Waals surface area contributed by atoms with E-state index in [1.165, 1.54) is 13.0 Å². The van der Waals surface area contributed by atoms with Crippen molar-refractivity contribution in [3.05, 3.63) is 23.8 Å². The topological polar surface area (TPSA) is 72.6 Å². The Labute approximate surface area is 95.0 Å². The second-order valence-corrected chi connectivity index (χ2v) is 3.66. The lowest BCUT2D eigenvalue weighted by atomic mass is 9.96. The molecule has 3 N–H and O–H groups in total. The van der Waals surface area contributed by atoms with Crippen LogP contribution >= 0.6 is 0 Å². The quantitative estimate of drug-likeness (QED) is 0.602. The molecule has 16 heavy (non-hydrogen) atoms. The Kier molecular flexibility index (Phi) is 4.31. The first-order chi connectivity index (χ1) is 7.58. The molecule has 1 unspecified atom stereocenters. The average molecular weight is 223 g/mol. The van der Waals surface area contributed by atoms with Crippen LogP contribution < -0.4 is 10.5 Å². The van der Waals surface area contributed by atoms with Crippen molar-refractivity contribution in [2.75, 3.05) is 6.54 Å². The Bertz CT molecular complexity index is 373. The highest BCUT2D eigenvalue weighted by atomic mass is 16.5. The van der Waals surface area contributed by atoms with Gasteiger partial charge in [-0.1, -0.05) is 13.0 Å². The van der Waals surface area contributed by atoms with Crippen molar-refractivity contribution in [1.29, 1.82) is 0 Å². The van der Waals surface area contributed by atoms with Crippen LogP contribution in [0.3, 0.4) is 0 Å². The van der Waals surface area contributed by atoms with Crippen LogP contribution in [0.4, 0.5) is 0 Å². The Morgan fingerprint density at radius 2 is 2.25 bits per heavy atom. The molecule has 0 aliphatic rings. The number of hydrogen-bond acceptors (Lipinski definition) is 4. The lowest BCUT2D eigenvalue weighted by molar-refractivity contribution is -0.132. The van der Waals surface area contributed by atoms with Gasteiger partial charge in [-0.05, 0) is 36.6 Å². The van der Waals surface area contributed by atoms with Gasteiger partial charge in [0.15, 0.2) is 11.5 Å². The Morgan fingerprint density at radius 3 is 2.75 bits per heavy atom. The fraction of sp³-hybridized carbons (Fsp3) is 0.417. The maximum Gasteiger partial charge on any atom is 0.308 e. The average Bonchev–Trinajstić information content (AvgIpc) is 2.23. The van der Waals surface area contributed by atoms with Gasteiger partial charge in [-0.25, -0.2) is 0 Å². The summed E-state index contributed by atoms with van der Waals surface area (Å²) in [5.74, 6) is -0.0779. The summed E-state index contributed by atoms with van der Waals surface area (Å²) < 4.78 is 4.90. The zero-order chi connectivity index (χ0) is 12.1. The maximum absolute atomic E-state index is 10.8. The van der Waals surface area contributed by atoms with E-state index in [4.69, 9.17) is 10.5 Å². The predicted molar refractivity (Wildman–Crippen MR) is 61.5 cm³/mol. The van der Waals surface area contributed by atoms with Crippen molar-refractivity contribution in [3.8, 4) is 11.5 Å². The van der Waals surface area contributed by atoms with E-state index < -0.39 is 5.97 Å². The first kappa shape index (κ1) is 12.5. The highest BCUT2D eigenvalue weighted by molar-refractivity contribution is 5.70. The molecule has 1 atom stereocenters. The molecule has 88 valence electrons. The number of carbonyl (C=O) groups is 1.